The number of aliphatic hydroxyl groups is 1. The van der Waals surface area contributed by atoms with Gasteiger partial charge < -0.3 is 19.6 Å². The number of aromatic nitrogens is 3. The van der Waals surface area contributed by atoms with Crippen molar-refractivity contribution >= 4 is 50.8 Å². The first-order valence-electron chi connectivity index (χ1n) is 15.9. The SMILES string of the molecule is C[C@@H](O)[C@H]1C(=O)N2C(C(=O)OCc3ccc([N+](=O)[O-])cc3)=C(c3cn4c(-c5ccc(N(C)C)cc5)nc(C(=O)c5cccnc5)c4s3)[C@H](C)[C@H]12. The first kappa shape index (κ1) is 32.8. The predicted octanol–water partition coefficient (Wildman–Crippen LogP) is 4.98. The largest absolute Gasteiger partial charge is 0.456 e. The maximum atomic E-state index is 13.9. The van der Waals surface area contributed by atoms with Crippen LogP contribution in [0.2, 0.25) is 0 Å². The second-order valence-corrected chi connectivity index (χ2v) is 13.6. The topological polar surface area (TPSA) is 160 Å². The molecule has 0 saturated carbocycles. The number of nitro benzene ring substituents is 1. The highest BCUT2D eigenvalue weighted by Crippen LogP contribution is 2.52. The quantitative estimate of drug-likeness (QED) is 0.0696. The number of nitrogens with zero attached hydrogens (tertiary/aromatic N) is 6. The van der Waals surface area contributed by atoms with Crippen LogP contribution in [0.25, 0.3) is 21.8 Å². The molecule has 0 radical (unpaired) electrons. The van der Waals surface area contributed by atoms with Crippen molar-refractivity contribution in [3.05, 3.63) is 117 Å². The molecule has 254 valence electrons. The number of hydrogen-bond acceptors (Lipinski definition) is 11. The zero-order chi connectivity index (χ0) is 35.4. The number of anilines is 1. The van der Waals surface area contributed by atoms with Crippen LogP contribution in [0.5, 0.6) is 0 Å². The van der Waals surface area contributed by atoms with Crippen molar-refractivity contribution in [2.45, 2.75) is 32.6 Å². The molecule has 1 fully saturated rings. The molecule has 0 spiro atoms. The summed E-state index contributed by atoms with van der Waals surface area (Å²) in [6, 6.07) is 16.3. The molecule has 5 aromatic rings. The average Bonchev–Trinajstić information content (AvgIpc) is 3.76. The molecule has 0 aliphatic carbocycles. The lowest BCUT2D eigenvalue weighted by molar-refractivity contribution is -0.384. The number of thiazole rings is 1. The van der Waals surface area contributed by atoms with Gasteiger partial charge in [0.15, 0.2) is 0 Å². The summed E-state index contributed by atoms with van der Waals surface area (Å²) in [4.78, 5) is 65.2. The van der Waals surface area contributed by atoms with E-state index in [4.69, 9.17) is 9.72 Å². The number of benzene rings is 2. The second-order valence-electron chi connectivity index (χ2n) is 12.6. The summed E-state index contributed by atoms with van der Waals surface area (Å²) in [6.45, 7) is 3.28. The third-order valence-electron chi connectivity index (χ3n) is 9.25. The highest BCUT2D eigenvalue weighted by atomic mass is 32.1. The van der Waals surface area contributed by atoms with Crippen molar-refractivity contribution in [1.29, 1.82) is 0 Å². The Morgan fingerprint density at radius 2 is 1.84 bits per heavy atom. The van der Waals surface area contributed by atoms with Crippen LogP contribution in [0.1, 0.15) is 40.3 Å². The standard InChI is InChI=1S/C36H32N6O7S/c1-19-27(31(41-30(19)28(20(2)43)34(41)45)36(46)49-18-21-7-11-25(12-8-21)42(47)48)26-17-40-33(22-9-13-24(14-10-22)39(3)4)38-29(35(40)50-26)32(44)23-6-5-15-37-16-23/h5-17,19-20,28,30,43H,18H2,1-4H3/t19-,20+,28+,30+/m0/s1. The van der Waals surface area contributed by atoms with Gasteiger partial charge in [0.25, 0.3) is 5.69 Å². The molecule has 0 bridgehead atoms. The summed E-state index contributed by atoms with van der Waals surface area (Å²) in [6.07, 6.45) is 3.96. The van der Waals surface area contributed by atoms with Gasteiger partial charge in [-0.3, -0.25) is 29.1 Å². The third kappa shape index (κ3) is 5.42. The summed E-state index contributed by atoms with van der Waals surface area (Å²) in [7, 11) is 3.89. The fourth-order valence-electron chi connectivity index (χ4n) is 6.72. The van der Waals surface area contributed by atoms with Crippen molar-refractivity contribution in [2.75, 3.05) is 19.0 Å². The van der Waals surface area contributed by atoms with E-state index in [0.29, 0.717) is 32.2 Å². The number of fused-ring (bicyclic) bond motifs is 2. The monoisotopic (exact) mass is 692 g/mol. The number of non-ortho nitro benzene ring substituents is 1. The number of ketones is 1. The van der Waals surface area contributed by atoms with E-state index < -0.39 is 29.0 Å². The minimum Gasteiger partial charge on any atom is -0.456 e. The van der Waals surface area contributed by atoms with Gasteiger partial charge in [-0.2, -0.15) is 0 Å². The number of hydrogen-bond donors (Lipinski definition) is 1. The molecule has 4 atom stereocenters. The van der Waals surface area contributed by atoms with Crippen LogP contribution in [-0.2, 0) is 20.9 Å². The van der Waals surface area contributed by atoms with E-state index in [1.807, 2.05) is 60.8 Å². The Morgan fingerprint density at radius 3 is 2.46 bits per heavy atom. The van der Waals surface area contributed by atoms with Gasteiger partial charge in [-0.05, 0) is 61.0 Å². The van der Waals surface area contributed by atoms with Crippen molar-refractivity contribution < 1.29 is 29.2 Å². The van der Waals surface area contributed by atoms with Gasteiger partial charge in [-0.25, -0.2) is 9.78 Å². The van der Waals surface area contributed by atoms with Gasteiger partial charge in [-0.1, -0.05) is 6.92 Å². The molecule has 14 heteroatoms. The lowest BCUT2D eigenvalue weighted by Gasteiger charge is -2.46. The number of carbonyl (C=O) groups excluding carboxylic acids is 3. The molecule has 1 amide bonds. The summed E-state index contributed by atoms with van der Waals surface area (Å²) < 4.78 is 7.54. The molecule has 13 nitrogen and oxygen atoms in total. The van der Waals surface area contributed by atoms with Gasteiger partial charge >= 0.3 is 5.97 Å². The second kappa shape index (κ2) is 12.6. The van der Waals surface area contributed by atoms with E-state index in [0.717, 1.165) is 11.3 Å². The summed E-state index contributed by atoms with van der Waals surface area (Å²) in [5, 5.41) is 21.6. The van der Waals surface area contributed by atoms with Gasteiger partial charge in [0.2, 0.25) is 11.7 Å². The Morgan fingerprint density at radius 1 is 1.12 bits per heavy atom. The number of amides is 1. The lowest BCUT2D eigenvalue weighted by atomic mass is 9.77. The molecule has 5 heterocycles. The molecular formula is C36H32N6O7S. The highest BCUT2D eigenvalue weighted by molar-refractivity contribution is 7.18. The van der Waals surface area contributed by atoms with Gasteiger partial charge in [0.1, 0.15) is 28.7 Å². The van der Waals surface area contributed by atoms with Crippen LogP contribution in [-0.4, -0.2) is 73.2 Å². The molecule has 2 aromatic carbocycles. The van der Waals surface area contributed by atoms with Crippen molar-refractivity contribution in [3.63, 3.8) is 0 Å². The number of imidazole rings is 1. The normalized spacial score (nSPS) is 18.9. The van der Waals surface area contributed by atoms with Crippen molar-refractivity contribution in [3.8, 4) is 11.4 Å². The van der Waals surface area contributed by atoms with Crippen LogP contribution >= 0.6 is 11.3 Å². The molecule has 7 rings (SSSR count). The van der Waals surface area contributed by atoms with E-state index in [1.165, 1.54) is 46.7 Å². The van der Waals surface area contributed by atoms with Crippen LogP contribution < -0.4 is 4.90 Å². The Kier molecular flexibility index (Phi) is 8.28. The highest BCUT2D eigenvalue weighted by Gasteiger charge is 2.60. The average molecular weight is 693 g/mol. The molecule has 2 aliphatic rings. The summed E-state index contributed by atoms with van der Waals surface area (Å²) in [5.74, 6) is -1.99. The zero-order valence-electron chi connectivity index (χ0n) is 27.5. The number of pyridine rings is 1. The van der Waals surface area contributed by atoms with E-state index in [2.05, 4.69) is 4.98 Å². The minimum atomic E-state index is -0.938. The number of rotatable bonds is 10. The van der Waals surface area contributed by atoms with Crippen molar-refractivity contribution in [2.24, 2.45) is 11.8 Å². The molecule has 3 aromatic heterocycles. The first-order valence-corrected chi connectivity index (χ1v) is 16.7. The van der Waals surface area contributed by atoms with E-state index in [9.17, 15) is 29.6 Å². The maximum absolute atomic E-state index is 13.9. The number of esters is 1. The molecule has 0 unspecified atom stereocenters. The maximum Gasteiger partial charge on any atom is 0.355 e. The third-order valence-corrected chi connectivity index (χ3v) is 10.4. The van der Waals surface area contributed by atoms with Crippen LogP contribution in [0.15, 0.2) is 85.0 Å². The molecule has 2 aliphatic heterocycles. The fourth-order valence-corrected chi connectivity index (χ4v) is 7.95. The number of carbonyl (C=O) groups is 3. The Labute approximate surface area is 290 Å². The Balaban J connectivity index is 1.34. The first-order chi connectivity index (χ1) is 24.0. The van der Waals surface area contributed by atoms with E-state index in [-0.39, 0.29) is 41.3 Å². The van der Waals surface area contributed by atoms with E-state index >= 15 is 0 Å². The minimum absolute atomic E-state index is 0.0702. The Hall–Kier alpha value is -5.73. The van der Waals surface area contributed by atoms with Crippen molar-refractivity contribution in [1.82, 2.24) is 19.3 Å². The van der Waals surface area contributed by atoms with Gasteiger partial charge in [0, 0.05) is 73.1 Å². The molecule has 1 N–H and O–H groups in total. The number of nitro groups is 1. The van der Waals surface area contributed by atoms with Gasteiger partial charge in [0.05, 0.1) is 27.9 Å². The number of β-lactam (4-membered cyclic amide) rings is 1. The smallest absolute Gasteiger partial charge is 0.355 e. The van der Waals surface area contributed by atoms with Crippen LogP contribution in [0, 0.1) is 22.0 Å². The Bertz CT molecular complexity index is 2190. The molecular weight excluding hydrogens is 660 g/mol. The number of ether oxygens (including phenoxy) is 1. The molecule has 50 heavy (non-hydrogen) atoms. The van der Waals surface area contributed by atoms with Gasteiger partial charge in [-0.15, -0.1) is 11.3 Å². The van der Waals surface area contributed by atoms with Crippen LogP contribution in [0.4, 0.5) is 11.4 Å². The fraction of sp³-hybridized carbons (Fsp3) is 0.250. The van der Waals surface area contributed by atoms with E-state index in [1.54, 1.807) is 25.3 Å². The molecule has 1 saturated heterocycles. The van der Waals surface area contributed by atoms with Crippen LogP contribution in [0.3, 0.4) is 0 Å². The summed E-state index contributed by atoms with van der Waals surface area (Å²) in [5.41, 5.74) is 3.42. The summed E-state index contributed by atoms with van der Waals surface area (Å²) >= 11 is 1.28. The predicted molar refractivity (Wildman–Crippen MR) is 185 cm³/mol. The lowest BCUT2D eigenvalue weighted by Crippen LogP contribution is -2.63. The number of aliphatic hydroxyl groups excluding tert-OH is 1. The zero-order valence-corrected chi connectivity index (χ0v) is 28.3.